The molecule has 1 N–H and O–H groups in total. The van der Waals surface area contributed by atoms with Gasteiger partial charge in [-0.2, -0.15) is 0 Å². The number of anilines is 1. The molecule has 2 atom stereocenters. The average molecular weight is 262 g/mol. The topological polar surface area (TPSA) is 24.5 Å². The molecule has 3 heteroatoms. The van der Waals surface area contributed by atoms with Crippen molar-refractivity contribution in [3.63, 3.8) is 0 Å². The number of methoxy groups -OCH3 is 1. The number of fused-ring (bicyclic) bond motifs is 1. The number of hydrogen-bond acceptors (Lipinski definition) is 3. The summed E-state index contributed by atoms with van der Waals surface area (Å²) in [6.07, 6.45) is 1.37. The molecule has 19 heavy (non-hydrogen) atoms. The highest BCUT2D eigenvalue weighted by Crippen LogP contribution is 2.27. The third-order valence-electron chi connectivity index (χ3n) is 4.24. The third-order valence-corrected chi connectivity index (χ3v) is 4.24. The van der Waals surface area contributed by atoms with Crippen molar-refractivity contribution in [3.8, 4) is 0 Å². The van der Waals surface area contributed by atoms with Gasteiger partial charge in [-0.25, -0.2) is 0 Å². The second-order valence-corrected chi connectivity index (χ2v) is 5.82. The fourth-order valence-corrected chi connectivity index (χ4v) is 2.62. The molecule has 2 unspecified atom stereocenters. The van der Waals surface area contributed by atoms with Gasteiger partial charge in [0.1, 0.15) is 0 Å². The molecule has 0 saturated carbocycles. The lowest BCUT2D eigenvalue weighted by Crippen LogP contribution is -2.50. The second kappa shape index (κ2) is 5.93. The highest BCUT2D eigenvalue weighted by Gasteiger charge is 2.29. The Hall–Kier alpha value is -1.06. The van der Waals surface area contributed by atoms with Gasteiger partial charge in [0.05, 0.1) is 6.10 Å². The molecule has 0 aliphatic carbocycles. The van der Waals surface area contributed by atoms with E-state index in [0.29, 0.717) is 0 Å². The van der Waals surface area contributed by atoms with Crippen LogP contribution in [0, 0.1) is 0 Å². The number of benzene rings is 1. The summed E-state index contributed by atoms with van der Waals surface area (Å²) in [6, 6.07) is 8.68. The maximum Gasteiger partial charge on any atom is 0.0718 e. The van der Waals surface area contributed by atoms with Crippen LogP contribution in [-0.4, -0.2) is 31.8 Å². The summed E-state index contributed by atoms with van der Waals surface area (Å²) in [6.45, 7) is 9.59. The maximum absolute atomic E-state index is 5.45. The molecule has 0 bridgehead atoms. The van der Waals surface area contributed by atoms with E-state index in [1.807, 2.05) is 0 Å². The molecular formula is C16H26N2O. The highest BCUT2D eigenvalue weighted by molar-refractivity contribution is 5.55. The molecule has 0 aromatic heterocycles. The molecule has 1 aromatic rings. The van der Waals surface area contributed by atoms with Crippen LogP contribution in [0.3, 0.4) is 0 Å². The Morgan fingerprint density at radius 2 is 2.16 bits per heavy atom. The van der Waals surface area contributed by atoms with Gasteiger partial charge in [-0.3, -0.25) is 0 Å². The van der Waals surface area contributed by atoms with Gasteiger partial charge in [0.2, 0.25) is 0 Å². The number of hydrogen-bond donors (Lipinski definition) is 1. The smallest absolute Gasteiger partial charge is 0.0718 e. The lowest BCUT2D eigenvalue weighted by atomic mass is 9.98. The molecule has 3 nitrogen and oxygen atoms in total. The first-order valence-corrected chi connectivity index (χ1v) is 7.18. The van der Waals surface area contributed by atoms with Crippen molar-refractivity contribution in [3.05, 3.63) is 29.8 Å². The average Bonchev–Trinajstić information content (AvgIpc) is 2.57. The summed E-state index contributed by atoms with van der Waals surface area (Å²) in [5.74, 6) is 0. The summed E-state index contributed by atoms with van der Waals surface area (Å²) >= 11 is 0. The Kier molecular flexibility index (Phi) is 4.48. The molecule has 0 radical (unpaired) electrons. The van der Waals surface area contributed by atoms with E-state index in [4.69, 9.17) is 4.74 Å². The van der Waals surface area contributed by atoms with E-state index < -0.39 is 0 Å². The van der Waals surface area contributed by atoms with Gasteiger partial charge in [0.15, 0.2) is 0 Å². The van der Waals surface area contributed by atoms with Crippen molar-refractivity contribution < 1.29 is 4.74 Å². The van der Waals surface area contributed by atoms with Crippen LogP contribution in [0.2, 0.25) is 0 Å². The Morgan fingerprint density at radius 3 is 2.84 bits per heavy atom. The zero-order chi connectivity index (χ0) is 13.9. The molecule has 1 aliphatic rings. The normalized spacial score (nSPS) is 24.7. The van der Waals surface area contributed by atoms with E-state index in [1.165, 1.54) is 11.3 Å². The summed E-state index contributed by atoms with van der Waals surface area (Å²) in [7, 11) is 1.78. The van der Waals surface area contributed by atoms with Crippen molar-refractivity contribution in [2.75, 3.05) is 25.1 Å². The quantitative estimate of drug-likeness (QED) is 0.903. The van der Waals surface area contributed by atoms with E-state index >= 15 is 0 Å². The van der Waals surface area contributed by atoms with Gasteiger partial charge in [0, 0.05) is 38.0 Å². The van der Waals surface area contributed by atoms with E-state index in [9.17, 15) is 0 Å². The molecule has 1 aromatic carbocycles. The van der Waals surface area contributed by atoms with Gasteiger partial charge < -0.3 is 15.0 Å². The maximum atomic E-state index is 5.45. The van der Waals surface area contributed by atoms with Gasteiger partial charge >= 0.3 is 0 Å². The fraction of sp³-hybridized carbons (Fsp3) is 0.625. The van der Waals surface area contributed by atoms with E-state index in [1.54, 1.807) is 7.11 Å². The Labute approximate surface area is 116 Å². The summed E-state index contributed by atoms with van der Waals surface area (Å²) in [5.41, 5.74) is 2.88. The third kappa shape index (κ3) is 3.28. The lowest BCUT2D eigenvalue weighted by molar-refractivity contribution is 0.122. The van der Waals surface area contributed by atoms with E-state index in [0.717, 1.165) is 26.1 Å². The molecule has 1 heterocycles. The molecule has 0 saturated heterocycles. The molecule has 106 valence electrons. The van der Waals surface area contributed by atoms with Crippen LogP contribution >= 0.6 is 0 Å². The number of para-hydroxylation sites is 1. The minimum atomic E-state index is 0.159. The van der Waals surface area contributed by atoms with Gasteiger partial charge in [-0.1, -0.05) is 25.1 Å². The first kappa shape index (κ1) is 14.4. The molecular weight excluding hydrogens is 236 g/mol. The Morgan fingerprint density at radius 1 is 1.42 bits per heavy atom. The van der Waals surface area contributed by atoms with Crippen LogP contribution in [0.1, 0.15) is 32.8 Å². The summed E-state index contributed by atoms with van der Waals surface area (Å²) in [4.78, 5) is 2.47. The van der Waals surface area contributed by atoms with Gasteiger partial charge in [-0.15, -0.1) is 0 Å². The highest BCUT2D eigenvalue weighted by atomic mass is 16.5. The van der Waals surface area contributed by atoms with Gasteiger partial charge in [0.25, 0.3) is 0 Å². The van der Waals surface area contributed by atoms with Crippen LogP contribution in [-0.2, 0) is 11.3 Å². The Bertz CT molecular complexity index is 421. The SMILES string of the molecule is CCC1(C)CN(CC(C)OC)c2ccccc2CN1. The van der Waals surface area contributed by atoms with Crippen LogP contribution in [0.15, 0.2) is 24.3 Å². The molecule has 0 amide bonds. The zero-order valence-corrected chi connectivity index (χ0v) is 12.6. The van der Waals surface area contributed by atoms with Crippen molar-refractivity contribution in [1.82, 2.24) is 5.32 Å². The van der Waals surface area contributed by atoms with E-state index in [-0.39, 0.29) is 11.6 Å². The Balaban J connectivity index is 2.29. The van der Waals surface area contributed by atoms with Crippen molar-refractivity contribution in [2.45, 2.75) is 45.4 Å². The number of ether oxygens (including phenoxy) is 1. The van der Waals surface area contributed by atoms with Crippen molar-refractivity contribution in [2.24, 2.45) is 0 Å². The van der Waals surface area contributed by atoms with Crippen molar-refractivity contribution >= 4 is 5.69 Å². The zero-order valence-electron chi connectivity index (χ0n) is 12.6. The molecule has 0 spiro atoms. The summed E-state index contributed by atoms with van der Waals surface area (Å²) in [5, 5.41) is 3.70. The minimum absolute atomic E-state index is 0.159. The molecule has 0 fully saturated rings. The van der Waals surface area contributed by atoms with Crippen LogP contribution in [0.4, 0.5) is 5.69 Å². The number of rotatable bonds is 4. The van der Waals surface area contributed by atoms with E-state index in [2.05, 4.69) is 55.3 Å². The first-order chi connectivity index (χ1) is 9.08. The standard InChI is InChI=1S/C16H26N2O/c1-5-16(3)12-18(11-13(2)19-4)15-9-7-6-8-14(15)10-17-16/h6-9,13,17H,5,10-12H2,1-4H3. The van der Waals surface area contributed by atoms with Crippen LogP contribution < -0.4 is 10.2 Å². The van der Waals surface area contributed by atoms with Gasteiger partial charge in [-0.05, 0) is 31.9 Å². The largest absolute Gasteiger partial charge is 0.380 e. The monoisotopic (exact) mass is 262 g/mol. The van der Waals surface area contributed by atoms with Crippen LogP contribution in [0.5, 0.6) is 0 Å². The predicted octanol–water partition coefficient (Wildman–Crippen LogP) is 2.80. The number of nitrogens with zero attached hydrogens (tertiary/aromatic N) is 1. The molecule has 1 aliphatic heterocycles. The minimum Gasteiger partial charge on any atom is -0.380 e. The van der Waals surface area contributed by atoms with Crippen molar-refractivity contribution in [1.29, 1.82) is 0 Å². The fourth-order valence-electron chi connectivity index (χ4n) is 2.62. The van der Waals surface area contributed by atoms with Crippen LogP contribution in [0.25, 0.3) is 0 Å². The second-order valence-electron chi connectivity index (χ2n) is 5.82. The summed E-state index contributed by atoms with van der Waals surface area (Å²) < 4.78 is 5.45. The predicted molar refractivity (Wildman–Crippen MR) is 80.7 cm³/mol. The molecule has 2 rings (SSSR count). The first-order valence-electron chi connectivity index (χ1n) is 7.18. The number of nitrogens with one attached hydrogen (secondary N) is 1. The lowest BCUT2D eigenvalue weighted by Gasteiger charge is -2.35.